The maximum absolute atomic E-state index is 13.8. The van der Waals surface area contributed by atoms with Gasteiger partial charge < -0.3 is 9.84 Å². The van der Waals surface area contributed by atoms with E-state index in [1.54, 1.807) is 25.1 Å². The minimum absolute atomic E-state index is 0.0174. The van der Waals surface area contributed by atoms with Crippen LogP contribution in [0.1, 0.15) is 62.3 Å². The van der Waals surface area contributed by atoms with Crippen LogP contribution in [0.2, 0.25) is 0 Å². The fourth-order valence-corrected chi connectivity index (χ4v) is 6.99. The number of methoxy groups -OCH3 is 1. The molecule has 2 aromatic rings. The number of fused-ring (bicyclic) bond motifs is 1. The lowest BCUT2D eigenvalue weighted by molar-refractivity contribution is -0.138. The van der Waals surface area contributed by atoms with Crippen LogP contribution in [0.5, 0.6) is 5.75 Å². The quantitative estimate of drug-likeness (QED) is 0.521. The first kappa shape index (κ1) is 26.2. The molecule has 7 nitrogen and oxygen atoms in total. The van der Waals surface area contributed by atoms with E-state index in [1.807, 2.05) is 43.3 Å². The van der Waals surface area contributed by atoms with Crippen molar-refractivity contribution in [2.24, 2.45) is 0 Å². The Bertz CT molecular complexity index is 1100. The molecule has 1 heterocycles. The average Bonchev–Trinajstić information content (AvgIpc) is 2.89. The van der Waals surface area contributed by atoms with Crippen molar-refractivity contribution < 1.29 is 23.1 Å². The molecule has 2 atom stereocenters. The highest BCUT2D eigenvalue weighted by Crippen LogP contribution is 2.41. The van der Waals surface area contributed by atoms with Gasteiger partial charge in [-0.1, -0.05) is 57.0 Å². The number of unbranched alkanes of at least 4 members (excludes halogenated alkanes) is 1. The smallest absolute Gasteiger partial charge is 0.317 e. The molecule has 0 bridgehead atoms. The first-order valence-electron chi connectivity index (χ1n) is 11.8. The number of hydrogen-bond acceptors (Lipinski definition) is 6. The Morgan fingerprint density at radius 3 is 2.53 bits per heavy atom. The van der Waals surface area contributed by atoms with Crippen molar-refractivity contribution in [1.29, 1.82) is 0 Å². The zero-order valence-corrected chi connectivity index (χ0v) is 21.3. The number of nitrogens with zero attached hydrogens (tertiary/aromatic N) is 1. The minimum atomic E-state index is -3.63. The number of benzene rings is 2. The molecule has 3 rings (SSSR count). The largest absolute Gasteiger partial charge is 0.496 e. The second kappa shape index (κ2) is 10.9. The number of carboxylic acids is 1. The molecule has 0 spiro atoms. The van der Waals surface area contributed by atoms with Crippen LogP contribution in [-0.2, 0) is 21.2 Å². The number of rotatable bonds is 10. The third-order valence-corrected chi connectivity index (χ3v) is 8.60. The Balaban J connectivity index is 2.20. The summed E-state index contributed by atoms with van der Waals surface area (Å²) in [5.74, 6) is -0.379. The molecule has 0 saturated carbocycles. The number of ether oxygens (including phenoxy) is 1. The number of likely N-dealkylation sites (N-methyl/N-ethyl adjacent to an activating group) is 1. The lowest BCUT2D eigenvalue weighted by atomic mass is 9.88. The Kier molecular flexibility index (Phi) is 8.38. The first-order valence-corrected chi connectivity index (χ1v) is 13.5. The van der Waals surface area contributed by atoms with Crippen LogP contribution in [0.4, 0.5) is 0 Å². The highest BCUT2D eigenvalue weighted by Gasteiger charge is 2.42. The molecule has 0 saturated heterocycles. The van der Waals surface area contributed by atoms with Gasteiger partial charge in [0.2, 0.25) is 0 Å². The number of aliphatic carboxylic acids is 1. The molecular weight excluding hydrogens is 452 g/mol. The van der Waals surface area contributed by atoms with Crippen LogP contribution >= 0.6 is 0 Å². The molecule has 186 valence electrons. The van der Waals surface area contributed by atoms with E-state index >= 15 is 0 Å². The summed E-state index contributed by atoms with van der Waals surface area (Å²) in [7, 11) is -0.388. The minimum Gasteiger partial charge on any atom is -0.496 e. The van der Waals surface area contributed by atoms with Gasteiger partial charge in [0.15, 0.2) is 9.84 Å². The predicted molar refractivity (Wildman–Crippen MR) is 133 cm³/mol. The van der Waals surface area contributed by atoms with Gasteiger partial charge in [-0.2, -0.15) is 0 Å². The van der Waals surface area contributed by atoms with E-state index in [0.29, 0.717) is 28.2 Å². The van der Waals surface area contributed by atoms with Crippen molar-refractivity contribution in [3.8, 4) is 5.75 Å². The van der Waals surface area contributed by atoms with Crippen molar-refractivity contribution in [1.82, 2.24) is 10.2 Å². The normalized spacial score (nSPS) is 21.6. The van der Waals surface area contributed by atoms with Gasteiger partial charge >= 0.3 is 5.97 Å². The van der Waals surface area contributed by atoms with E-state index in [4.69, 9.17) is 9.84 Å². The topological polar surface area (TPSA) is 95.9 Å². The summed E-state index contributed by atoms with van der Waals surface area (Å²) >= 11 is 0. The van der Waals surface area contributed by atoms with E-state index in [2.05, 4.69) is 12.2 Å². The van der Waals surface area contributed by atoms with Crippen molar-refractivity contribution in [2.75, 3.05) is 26.5 Å². The fourth-order valence-electron chi connectivity index (χ4n) is 4.82. The molecular formula is C26H36N2O5S. The Morgan fingerprint density at radius 2 is 1.94 bits per heavy atom. The Labute approximate surface area is 203 Å². The summed E-state index contributed by atoms with van der Waals surface area (Å²) in [6.45, 7) is 4.26. The SMILES string of the molecule is CCCC[C@]1(CC)CS(=O)(=O)c2cc(CN(C)CC(=O)O)c(OC)cc2[C@@H](c2ccccc2)N1. The van der Waals surface area contributed by atoms with Crippen LogP contribution in [0.25, 0.3) is 0 Å². The van der Waals surface area contributed by atoms with Gasteiger partial charge in [0, 0.05) is 17.6 Å². The lowest BCUT2D eigenvalue weighted by Gasteiger charge is -2.36. The molecule has 0 amide bonds. The monoisotopic (exact) mass is 488 g/mol. The predicted octanol–water partition coefficient (Wildman–Crippen LogP) is 4.02. The number of sulfone groups is 1. The summed E-state index contributed by atoms with van der Waals surface area (Å²) in [5.41, 5.74) is 1.76. The molecule has 2 N–H and O–H groups in total. The number of carboxylic acid groups (broad SMARTS) is 1. The molecule has 1 aliphatic heterocycles. The maximum atomic E-state index is 13.8. The second-order valence-corrected chi connectivity index (χ2v) is 11.2. The van der Waals surface area contributed by atoms with Crippen LogP contribution in [-0.4, -0.2) is 56.4 Å². The average molecular weight is 489 g/mol. The molecule has 1 aliphatic rings. The van der Waals surface area contributed by atoms with Gasteiger partial charge in [-0.15, -0.1) is 0 Å². The van der Waals surface area contributed by atoms with E-state index in [0.717, 1.165) is 24.8 Å². The van der Waals surface area contributed by atoms with E-state index in [-0.39, 0.29) is 24.9 Å². The molecule has 34 heavy (non-hydrogen) atoms. The second-order valence-electron chi connectivity index (χ2n) is 9.25. The molecule has 0 radical (unpaired) electrons. The van der Waals surface area contributed by atoms with E-state index < -0.39 is 21.3 Å². The Hall–Kier alpha value is -2.42. The highest BCUT2D eigenvalue weighted by molar-refractivity contribution is 7.91. The number of nitrogens with one attached hydrogen (secondary N) is 1. The van der Waals surface area contributed by atoms with Crippen LogP contribution in [0, 0.1) is 0 Å². The number of hydrogen-bond donors (Lipinski definition) is 2. The van der Waals surface area contributed by atoms with Gasteiger partial charge in [-0.25, -0.2) is 8.42 Å². The molecule has 0 aromatic heterocycles. The summed E-state index contributed by atoms with van der Waals surface area (Å²) in [6.07, 6.45) is 3.37. The fraction of sp³-hybridized carbons (Fsp3) is 0.500. The summed E-state index contributed by atoms with van der Waals surface area (Å²) in [6, 6.07) is 13.1. The maximum Gasteiger partial charge on any atom is 0.317 e. The molecule has 2 aromatic carbocycles. The molecule has 0 fully saturated rings. The van der Waals surface area contributed by atoms with Crippen molar-refractivity contribution in [3.05, 3.63) is 59.2 Å². The molecule has 8 heteroatoms. The van der Waals surface area contributed by atoms with E-state index in [1.165, 1.54) is 0 Å². The Morgan fingerprint density at radius 1 is 1.24 bits per heavy atom. The van der Waals surface area contributed by atoms with Crippen molar-refractivity contribution in [2.45, 2.75) is 62.6 Å². The van der Waals surface area contributed by atoms with Gasteiger partial charge in [-0.3, -0.25) is 15.0 Å². The summed E-state index contributed by atoms with van der Waals surface area (Å²) < 4.78 is 33.3. The van der Waals surface area contributed by atoms with Gasteiger partial charge in [0.25, 0.3) is 0 Å². The van der Waals surface area contributed by atoms with Crippen LogP contribution < -0.4 is 10.1 Å². The van der Waals surface area contributed by atoms with Gasteiger partial charge in [0.1, 0.15) is 5.75 Å². The number of carbonyl (C=O) groups is 1. The molecule has 0 unspecified atom stereocenters. The highest BCUT2D eigenvalue weighted by atomic mass is 32.2. The van der Waals surface area contributed by atoms with E-state index in [9.17, 15) is 13.2 Å². The summed E-state index contributed by atoms with van der Waals surface area (Å²) in [4.78, 5) is 13.1. The zero-order chi connectivity index (χ0) is 24.9. The van der Waals surface area contributed by atoms with Gasteiger partial charge in [0.05, 0.1) is 30.3 Å². The van der Waals surface area contributed by atoms with Crippen molar-refractivity contribution in [3.63, 3.8) is 0 Å². The zero-order valence-electron chi connectivity index (χ0n) is 20.5. The van der Waals surface area contributed by atoms with Crippen LogP contribution in [0.15, 0.2) is 47.4 Å². The first-order chi connectivity index (χ1) is 16.1. The van der Waals surface area contributed by atoms with Crippen molar-refractivity contribution >= 4 is 15.8 Å². The molecule has 0 aliphatic carbocycles. The van der Waals surface area contributed by atoms with Crippen LogP contribution in [0.3, 0.4) is 0 Å². The third kappa shape index (κ3) is 5.79. The summed E-state index contributed by atoms with van der Waals surface area (Å²) in [5, 5.41) is 12.9. The third-order valence-electron chi connectivity index (χ3n) is 6.64. The standard InChI is InChI=1S/C26H36N2O5S/c1-5-7-13-26(6-2)18-34(31,32)23-14-20(16-28(3)17-24(29)30)22(33-4)15-21(23)25(27-26)19-11-9-8-10-12-19/h8-12,14-15,25,27H,5-7,13,16-18H2,1-4H3,(H,29,30)/t25-,26-/m1/s1. The lowest BCUT2D eigenvalue weighted by Crippen LogP contribution is -2.50. The van der Waals surface area contributed by atoms with Gasteiger partial charge in [-0.05, 0) is 43.1 Å².